The number of halogens is 1. The number of unbranched alkanes of at least 4 members (excludes halogenated alkanes) is 1. The van der Waals surface area contributed by atoms with Gasteiger partial charge >= 0.3 is 0 Å². The van der Waals surface area contributed by atoms with E-state index in [9.17, 15) is 4.39 Å². The van der Waals surface area contributed by atoms with Gasteiger partial charge in [-0.1, -0.05) is 12.1 Å². The maximum absolute atomic E-state index is 13.0. The highest BCUT2D eigenvalue weighted by molar-refractivity contribution is 5.34. The van der Waals surface area contributed by atoms with Crippen molar-refractivity contribution in [3.63, 3.8) is 0 Å². The molecule has 3 heteroatoms. The lowest BCUT2D eigenvalue weighted by atomic mass is 10.1. The second-order valence-electron chi connectivity index (χ2n) is 3.41. The summed E-state index contributed by atoms with van der Waals surface area (Å²) in [6, 6.07) is 6.24. The molecule has 0 radical (unpaired) electrons. The Labute approximate surface area is 95.0 Å². The molecule has 1 aromatic carbocycles. The van der Waals surface area contributed by atoms with Gasteiger partial charge in [0.2, 0.25) is 0 Å². The zero-order valence-electron chi connectivity index (χ0n) is 9.08. The van der Waals surface area contributed by atoms with Crippen LogP contribution in [0.15, 0.2) is 30.9 Å². The first kappa shape index (κ1) is 12.4. The molecule has 0 amide bonds. The van der Waals surface area contributed by atoms with Gasteiger partial charge < -0.3 is 4.74 Å². The second kappa shape index (κ2) is 6.76. The molecule has 0 N–H and O–H groups in total. The summed E-state index contributed by atoms with van der Waals surface area (Å²) in [5, 5.41) is 8.64. The summed E-state index contributed by atoms with van der Waals surface area (Å²) in [4.78, 5) is 0. The molecule has 0 unspecified atom stereocenters. The molecule has 0 aliphatic carbocycles. The highest BCUT2D eigenvalue weighted by Crippen LogP contribution is 2.10. The number of hydrogen-bond donors (Lipinski definition) is 0. The Morgan fingerprint density at radius 1 is 1.50 bits per heavy atom. The third-order valence-electron chi connectivity index (χ3n) is 2.12. The van der Waals surface area contributed by atoms with Crippen LogP contribution < -0.4 is 0 Å². The monoisotopic (exact) mass is 219 g/mol. The number of nitrogens with zero attached hydrogens (tertiary/aromatic N) is 1. The fourth-order valence-electron chi connectivity index (χ4n) is 1.27. The van der Waals surface area contributed by atoms with Crippen LogP contribution in [0.25, 0.3) is 0 Å². The Morgan fingerprint density at radius 2 is 2.31 bits per heavy atom. The Hall–Kier alpha value is -1.66. The van der Waals surface area contributed by atoms with E-state index in [0.717, 1.165) is 18.4 Å². The van der Waals surface area contributed by atoms with Crippen LogP contribution in [-0.4, -0.2) is 6.61 Å². The largest absolute Gasteiger partial charge is 0.377 e. The summed E-state index contributed by atoms with van der Waals surface area (Å²) in [5.41, 5.74) is 0.878. The maximum atomic E-state index is 13.0. The quantitative estimate of drug-likeness (QED) is 0.543. The molecular formula is C13H14FNO. The lowest BCUT2D eigenvalue weighted by Gasteiger charge is -2.04. The van der Waals surface area contributed by atoms with Crippen LogP contribution in [0.4, 0.5) is 4.39 Å². The third-order valence-corrected chi connectivity index (χ3v) is 2.12. The SMILES string of the molecule is C=CCCCOCc1ccc(F)c(C#N)c1. The van der Waals surface area contributed by atoms with E-state index >= 15 is 0 Å². The zero-order chi connectivity index (χ0) is 11.8. The van der Waals surface area contributed by atoms with Gasteiger partial charge in [0, 0.05) is 6.61 Å². The maximum Gasteiger partial charge on any atom is 0.140 e. The van der Waals surface area contributed by atoms with E-state index in [1.165, 1.54) is 12.1 Å². The van der Waals surface area contributed by atoms with E-state index in [0.29, 0.717) is 13.2 Å². The van der Waals surface area contributed by atoms with Gasteiger partial charge in [-0.3, -0.25) is 0 Å². The molecule has 0 aliphatic rings. The number of allylic oxidation sites excluding steroid dienone is 1. The molecule has 2 nitrogen and oxygen atoms in total. The van der Waals surface area contributed by atoms with Crippen LogP contribution in [0.3, 0.4) is 0 Å². The minimum absolute atomic E-state index is 0.0622. The third kappa shape index (κ3) is 3.84. The van der Waals surface area contributed by atoms with Crippen molar-refractivity contribution in [1.29, 1.82) is 5.26 Å². The van der Waals surface area contributed by atoms with Gasteiger partial charge in [-0.25, -0.2) is 4.39 Å². The molecule has 0 bridgehead atoms. The first-order chi connectivity index (χ1) is 7.77. The topological polar surface area (TPSA) is 33.0 Å². The fourth-order valence-corrected chi connectivity index (χ4v) is 1.27. The van der Waals surface area contributed by atoms with E-state index < -0.39 is 5.82 Å². The summed E-state index contributed by atoms with van der Waals surface area (Å²) >= 11 is 0. The standard InChI is InChI=1S/C13H14FNO/c1-2-3-4-7-16-10-11-5-6-13(14)12(8-11)9-15/h2,5-6,8H,1,3-4,7,10H2. The number of rotatable bonds is 6. The van der Waals surface area contributed by atoms with Crippen LogP contribution in [0.2, 0.25) is 0 Å². The predicted molar refractivity (Wildman–Crippen MR) is 60.2 cm³/mol. The molecule has 16 heavy (non-hydrogen) atoms. The molecule has 0 saturated carbocycles. The molecular weight excluding hydrogens is 205 g/mol. The summed E-state index contributed by atoms with van der Waals surface area (Å²) in [6.45, 7) is 4.67. The predicted octanol–water partition coefficient (Wildman–Crippen LogP) is 3.18. The lowest BCUT2D eigenvalue weighted by Crippen LogP contribution is -1.96. The van der Waals surface area contributed by atoms with Gasteiger partial charge in [-0.15, -0.1) is 6.58 Å². The Bertz CT molecular complexity index is 395. The molecule has 1 rings (SSSR count). The van der Waals surface area contributed by atoms with Gasteiger partial charge in [-0.05, 0) is 30.5 Å². The van der Waals surface area contributed by atoms with Crippen molar-refractivity contribution in [2.75, 3.05) is 6.61 Å². The second-order valence-corrected chi connectivity index (χ2v) is 3.41. The molecule has 0 spiro atoms. The van der Waals surface area contributed by atoms with E-state index in [1.54, 1.807) is 12.1 Å². The van der Waals surface area contributed by atoms with E-state index in [2.05, 4.69) is 6.58 Å². The molecule has 0 aliphatic heterocycles. The number of benzene rings is 1. The van der Waals surface area contributed by atoms with Crippen molar-refractivity contribution >= 4 is 0 Å². The molecule has 1 aromatic rings. The van der Waals surface area contributed by atoms with Gasteiger partial charge in [-0.2, -0.15) is 5.26 Å². The van der Waals surface area contributed by atoms with Crippen molar-refractivity contribution in [3.05, 3.63) is 47.8 Å². The van der Waals surface area contributed by atoms with Crippen LogP contribution in [0, 0.1) is 17.1 Å². The van der Waals surface area contributed by atoms with Gasteiger partial charge in [0.05, 0.1) is 12.2 Å². The number of nitriles is 1. The molecule has 0 fully saturated rings. The van der Waals surface area contributed by atoms with Crippen molar-refractivity contribution < 1.29 is 9.13 Å². The minimum Gasteiger partial charge on any atom is -0.377 e. The molecule has 0 atom stereocenters. The van der Waals surface area contributed by atoms with Crippen molar-refractivity contribution in [2.45, 2.75) is 19.4 Å². The average Bonchev–Trinajstić information content (AvgIpc) is 2.31. The van der Waals surface area contributed by atoms with Crippen molar-refractivity contribution in [3.8, 4) is 6.07 Å². The molecule has 0 heterocycles. The average molecular weight is 219 g/mol. The van der Waals surface area contributed by atoms with Gasteiger partial charge in [0.1, 0.15) is 11.9 Å². The highest BCUT2D eigenvalue weighted by Gasteiger charge is 2.02. The van der Waals surface area contributed by atoms with Gasteiger partial charge in [0.15, 0.2) is 0 Å². The van der Waals surface area contributed by atoms with E-state index in [4.69, 9.17) is 10.00 Å². The van der Waals surface area contributed by atoms with Crippen LogP contribution >= 0.6 is 0 Å². The van der Waals surface area contributed by atoms with Crippen LogP contribution in [0.5, 0.6) is 0 Å². The minimum atomic E-state index is -0.488. The summed E-state index contributed by atoms with van der Waals surface area (Å²) in [6.07, 6.45) is 3.69. The van der Waals surface area contributed by atoms with Crippen LogP contribution in [0.1, 0.15) is 24.0 Å². The molecule has 0 aromatic heterocycles. The van der Waals surface area contributed by atoms with Crippen molar-refractivity contribution in [1.82, 2.24) is 0 Å². The Kier molecular flexibility index (Phi) is 5.24. The lowest BCUT2D eigenvalue weighted by molar-refractivity contribution is 0.119. The smallest absolute Gasteiger partial charge is 0.140 e. The number of ether oxygens (including phenoxy) is 1. The first-order valence-electron chi connectivity index (χ1n) is 5.15. The Balaban J connectivity index is 2.43. The number of hydrogen-bond acceptors (Lipinski definition) is 2. The van der Waals surface area contributed by atoms with Crippen LogP contribution in [-0.2, 0) is 11.3 Å². The molecule has 0 saturated heterocycles. The van der Waals surface area contributed by atoms with Crippen molar-refractivity contribution in [2.24, 2.45) is 0 Å². The molecule has 84 valence electrons. The zero-order valence-corrected chi connectivity index (χ0v) is 9.08. The normalized spacial score (nSPS) is 9.75. The van der Waals surface area contributed by atoms with E-state index in [1.807, 2.05) is 6.08 Å². The fraction of sp³-hybridized carbons (Fsp3) is 0.308. The Morgan fingerprint density at radius 3 is 3.00 bits per heavy atom. The van der Waals surface area contributed by atoms with E-state index in [-0.39, 0.29) is 5.56 Å². The van der Waals surface area contributed by atoms with Gasteiger partial charge in [0.25, 0.3) is 0 Å². The summed E-state index contributed by atoms with van der Waals surface area (Å²) in [5.74, 6) is -0.488. The first-order valence-corrected chi connectivity index (χ1v) is 5.15. The highest BCUT2D eigenvalue weighted by atomic mass is 19.1. The summed E-state index contributed by atoms with van der Waals surface area (Å²) < 4.78 is 18.4. The summed E-state index contributed by atoms with van der Waals surface area (Å²) in [7, 11) is 0.